The van der Waals surface area contributed by atoms with Gasteiger partial charge in [0.1, 0.15) is 6.04 Å². The van der Waals surface area contributed by atoms with Gasteiger partial charge in [-0.1, -0.05) is 0 Å². The van der Waals surface area contributed by atoms with Crippen LogP contribution in [0.3, 0.4) is 0 Å². The standard InChI is InChI=1S/C10H17NO3/c1-13-10(12)9-2-5-11(9)8-3-6-14-7-4-8/h8-9H,2-7H2,1H3/t9-/m1/s1. The Morgan fingerprint density at radius 1 is 1.36 bits per heavy atom. The van der Waals surface area contributed by atoms with Crippen molar-refractivity contribution in [3.05, 3.63) is 0 Å². The predicted molar refractivity (Wildman–Crippen MR) is 51.0 cm³/mol. The van der Waals surface area contributed by atoms with Gasteiger partial charge in [0.2, 0.25) is 0 Å². The van der Waals surface area contributed by atoms with E-state index in [1.807, 2.05) is 0 Å². The molecule has 80 valence electrons. The Bertz CT molecular complexity index is 213. The van der Waals surface area contributed by atoms with Crippen LogP contribution in [-0.4, -0.2) is 49.8 Å². The third kappa shape index (κ3) is 1.77. The molecule has 0 aromatic heterocycles. The van der Waals surface area contributed by atoms with Crippen molar-refractivity contribution in [2.45, 2.75) is 31.3 Å². The van der Waals surface area contributed by atoms with Gasteiger partial charge in [0.15, 0.2) is 0 Å². The van der Waals surface area contributed by atoms with Crippen LogP contribution in [0.5, 0.6) is 0 Å². The smallest absolute Gasteiger partial charge is 0.323 e. The Hall–Kier alpha value is -0.610. The van der Waals surface area contributed by atoms with Crippen LogP contribution in [0, 0.1) is 0 Å². The maximum Gasteiger partial charge on any atom is 0.323 e. The molecule has 0 aliphatic carbocycles. The Morgan fingerprint density at radius 3 is 2.57 bits per heavy atom. The van der Waals surface area contributed by atoms with E-state index in [1.54, 1.807) is 0 Å². The number of hydrogen-bond acceptors (Lipinski definition) is 4. The van der Waals surface area contributed by atoms with Gasteiger partial charge in [0, 0.05) is 25.8 Å². The SMILES string of the molecule is COC(=O)[C@H]1CCN1C1CCOCC1. The molecule has 0 amide bonds. The van der Waals surface area contributed by atoms with Crippen molar-refractivity contribution in [2.75, 3.05) is 26.9 Å². The second-order valence-corrected chi connectivity index (χ2v) is 3.91. The lowest BCUT2D eigenvalue weighted by Crippen LogP contribution is -2.58. The molecule has 0 N–H and O–H groups in total. The summed E-state index contributed by atoms with van der Waals surface area (Å²) in [4.78, 5) is 13.6. The molecule has 0 saturated carbocycles. The molecule has 2 fully saturated rings. The molecule has 0 spiro atoms. The number of esters is 1. The first-order valence-corrected chi connectivity index (χ1v) is 5.24. The fourth-order valence-corrected chi connectivity index (χ4v) is 2.25. The molecule has 0 aromatic carbocycles. The van der Waals surface area contributed by atoms with Gasteiger partial charge in [0.25, 0.3) is 0 Å². The highest BCUT2D eigenvalue weighted by Crippen LogP contribution is 2.26. The quantitative estimate of drug-likeness (QED) is 0.604. The molecule has 4 heteroatoms. The van der Waals surface area contributed by atoms with Crippen molar-refractivity contribution in [1.82, 2.24) is 4.90 Å². The Labute approximate surface area is 84.2 Å². The largest absolute Gasteiger partial charge is 0.468 e. The summed E-state index contributed by atoms with van der Waals surface area (Å²) >= 11 is 0. The van der Waals surface area contributed by atoms with E-state index in [-0.39, 0.29) is 12.0 Å². The zero-order chi connectivity index (χ0) is 9.97. The van der Waals surface area contributed by atoms with Crippen molar-refractivity contribution in [1.29, 1.82) is 0 Å². The topological polar surface area (TPSA) is 38.8 Å². The van der Waals surface area contributed by atoms with Crippen molar-refractivity contribution in [2.24, 2.45) is 0 Å². The average Bonchev–Trinajstić information content (AvgIpc) is 2.17. The lowest BCUT2D eigenvalue weighted by Gasteiger charge is -2.45. The molecule has 2 rings (SSSR count). The van der Waals surface area contributed by atoms with Crippen LogP contribution in [0.4, 0.5) is 0 Å². The highest BCUT2D eigenvalue weighted by Gasteiger charge is 2.39. The lowest BCUT2D eigenvalue weighted by atomic mass is 9.96. The van der Waals surface area contributed by atoms with Crippen molar-refractivity contribution < 1.29 is 14.3 Å². The fourth-order valence-electron chi connectivity index (χ4n) is 2.25. The number of carbonyl (C=O) groups is 1. The van der Waals surface area contributed by atoms with Gasteiger partial charge in [-0.05, 0) is 19.3 Å². The van der Waals surface area contributed by atoms with Gasteiger partial charge in [-0.25, -0.2) is 0 Å². The summed E-state index contributed by atoms with van der Waals surface area (Å²) in [5.41, 5.74) is 0. The second-order valence-electron chi connectivity index (χ2n) is 3.91. The van der Waals surface area contributed by atoms with Crippen LogP contribution in [0.25, 0.3) is 0 Å². The van der Waals surface area contributed by atoms with Crippen LogP contribution < -0.4 is 0 Å². The minimum atomic E-state index is -0.0808. The first-order valence-electron chi connectivity index (χ1n) is 5.24. The van der Waals surface area contributed by atoms with E-state index in [2.05, 4.69) is 4.90 Å². The van der Waals surface area contributed by atoms with Gasteiger partial charge in [0.05, 0.1) is 7.11 Å². The van der Waals surface area contributed by atoms with Gasteiger partial charge in [-0.15, -0.1) is 0 Å². The number of nitrogens with zero attached hydrogens (tertiary/aromatic N) is 1. The number of likely N-dealkylation sites (tertiary alicyclic amines) is 1. The number of ether oxygens (including phenoxy) is 2. The molecule has 1 atom stereocenters. The molecule has 0 unspecified atom stereocenters. The third-order valence-electron chi connectivity index (χ3n) is 3.19. The molecule has 0 radical (unpaired) electrons. The second kappa shape index (κ2) is 4.28. The van der Waals surface area contributed by atoms with Gasteiger partial charge in [-0.2, -0.15) is 0 Å². The Balaban J connectivity index is 1.88. The van der Waals surface area contributed by atoms with Gasteiger partial charge >= 0.3 is 5.97 Å². The Kier molecular flexibility index (Phi) is 3.03. The van der Waals surface area contributed by atoms with Gasteiger partial charge < -0.3 is 9.47 Å². The first-order chi connectivity index (χ1) is 6.83. The zero-order valence-electron chi connectivity index (χ0n) is 8.57. The lowest BCUT2D eigenvalue weighted by molar-refractivity contribution is -0.155. The van der Waals surface area contributed by atoms with E-state index >= 15 is 0 Å². The minimum absolute atomic E-state index is 0.0168. The predicted octanol–water partition coefficient (Wildman–Crippen LogP) is 0.413. The normalized spacial score (nSPS) is 29.6. The maximum absolute atomic E-state index is 11.4. The molecule has 0 bridgehead atoms. The van der Waals surface area contributed by atoms with Gasteiger partial charge in [-0.3, -0.25) is 9.69 Å². The minimum Gasteiger partial charge on any atom is -0.468 e. The summed E-state index contributed by atoms with van der Waals surface area (Å²) in [6, 6.07) is 0.546. The molecular weight excluding hydrogens is 182 g/mol. The van der Waals surface area contributed by atoms with Crippen LogP contribution in [0.1, 0.15) is 19.3 Å². The van der Waals surface area contributed by atoms with Crippen molar-refractivity contribution in [3.63, 3.8) is 0 Å². The average molecular weight is 199 g/mol. The summed E-state index contributed by atoms with van der Waals surface area (Å²) in [6.45, 7) is 2.69. The highest BCUT2D eigenvalue weighted by molar-refractivity contribution is 5.76. The molecule has 0 aromatic rings. The molecule has 2 aliphatic rings. The van der Waals surface area contributed by atoms with E-state index in [4.69, 9.17) is 9.47 Å². The molecule has 2 heterocycles. The van der Waals surface area contributed by atoms with E-state index in [9.17, 15) is 4.79 Å². The summed E-state index contributed by atoms with van der Waals surface area (Å²) < 4.78 is 10.1. The van der Waals surface area contributed by atoms with E-state index in [1.165, 1.54) is 7.11 Å². The fraction of sp³-hybridized carbons (Fsp3) is 0.900. The number of carbonyl (C=O) groups excluding carboxylic acids is 1. The highest BCUT2D eigenvalue weighted by atomic mass is 16.5. The summed E-state index contributed by atoms with van der Waals surface area (Å²) in [5.74, 6) is -0.0808. The van der Waals surface area contributed by atoms with E-state index in [0.29, 0.717) is 6.04 Å². The van der Waals surface area contributed by atoms with E-state index < -0.39 is 0 Å². The van der Waals surface area contributed by atoms with Crippen LogP contribution in [0.15, 0.2) is 0 Å². The summed E-state index contributed by atoms with van der Waals surface area (Å²) in [7, 11) is 1.46. The van der Waals surface area contributed by atoms with E-state index in [0.717, 1.165) is 39.0 Å². The number of hydrogen-bond donors (Lipinski definition) is 0. The maximum atomic E-state index is 11.4. The Morgan fingerprint density at radius 2 is 2.07 bits per heavy atom. The zero-order valence-corrected chi connectivity index (χ0v) is 8.57. The molecule has 2 aliphatic heterocycles. The first kappa shape index (κ1) is 9.93. The third-order valence-corrected chi connectivity index (χ3v) is 3.19. The molecule has 14 heavy (non-hydrogen) atoms. The molecule has 2 saturated heterocycles. The number of methoxy groups -OCH3 is 1. The van der Waals surface area contributed by atoms with Crippen LogP contribution in [0.2, 0.25) is 0 Å². The van der Waals surface area contributed by atoms with Crippen LogP contribution in [-0.2, 0) is 14.3 Å². The van der Waals surface area contributed by atoms with Crippen molar-refractivity contribution in [3.8, 4) is 0 Å². The molecular formula is C10H17NO3. The number of rotatable bonds is 2. The van der Waals surface area contributed by atoms with Crippen molar-refractivity contribution >= 4 is 5.97 Å². The molecule has 4 nitrogen and oxygen atoms in total. The summed E-state index contributed by atoms with van der Waals surface area (Å²) in [6.07, 6.45) is 3.05. The summed E-state index contributed by atoms with van der Waals surface area (Å²) in [5, 5.41) is 0. The van der Waals surface area contributed by atoms with Crippen LogP contribution >= 0.6 is 0 Å². The monoisotopic (exact) mass is 199 g/mol.